The maximum absolute atomic E-state index is 9.41. The summed E-state index contributed by atoms with van der Waals surface area (Å²) in [7, 11) is 0. The van der Waals surface area contributed by atoms with Crippen molar-refractivity contribution in [3.05, 3.63) is 0 Å². The van der Waals surface area contributed by atoms with Gasteiger partial charge in [0.25, 0.3) is 0 Å². The molecule has 0 amide bonds. The van der Waals surface area contributed by atoms with Gasteiger partial charge in [-0.25, -0.2) is 0 Å². The van der Waals surface area contributed by atoms with Gasteiger partial charge >= 0.3 is 0 Å². The quantitative estimate of drug-likeness (QED) is 0.605. The lowest BCUT2D eigenvalue weighted by Crippen LogP contribution is -2.45. The van der Waals surface area contributed by atoms with Crippen LogP contribution in [0.25, 0.3) is 0 Å². The van der Waals surface area contributed by atoms with E-state index in [0.717, 1.165) is 25.8 Å². The largest absolute Gasteiger partial charge is 0.394 e. The van der Waals surface area contributed by atoms with Crippen LogP contribution >= 0.6 is 0 Å². The number of β-amino-alcohol motifs (C(OH)–C–C–N with tert-alkyl or cyclic N) is 1. The van der Waals surface area contributed by atoms with Crippen molar-refractivity contribution >= 4 is 0 Å². The Morgan fingerprint density at radius 3 is 2.67 bits per heavy atom. The number of hydrogen-bond acceptors (Lipinski definition) is 4. The average molecular weight is 217 g/mol. The van der Waals surface area contributed by atoms with Gasteiger partial charge in [0.1, 0.15) is 0 Å². The minimum atomic E-state index is -0.653. The van der Waals surface area contributed by atoms with E-state index in [0.29, 0.717) is 12.6 Å². The van der Waals surface area contributed by atoms with E-state index in [1.54, 1.807) is 6.92 Å². The zero-order valence-electron chi connectivity index (χ0n) is 9.47. The zero-order chi connectivity index (χ0) is 11.3. The smallest absolute Gasteiger partial charge is 0.0897 e. The van der Waals surface area contributed by atoms with E-state index < -0.39 is 6.10 Å². The van der Waals surface area contributed by atoms with Crippen molar-refractivity contribution in [3.63, 3.8) is 0 Å². The minimum absolute atomic E-state index is 0.183. The first-order valence-corrected chi connectivity index (χ1v) is 5.84. The molecule has 1 aliphatic heterocycles. The number of likely N-dealkylation sites (tertiary alicyclic amines) is 1. The highest BCUT2D eigenvalue weighted by Crippen LogP contribution is 2.20. The first kappa shape index (κ1) is 12.9. The Labute approximate surface area is 91.5 Å². The Morgan fingerprint density at radius 2 is 2.07 bits per heavy atom. The second kappa shape index (κ2) is 6.43. The third-order valence-electron chi connectivity index (χ3n) is 3.02. The molecule has 3 unspecified atom stereocenters. The van der Waals surface area contributed by atoms with Crippen molar-refractivity contribution < 1.29 is 15.3 Å². The van der Waals surface area contributed by atoms with Crippen LogP contribution < -0.4 is 0 Å². The van der Waals surface area contributed by atoms with Crippen molar-refractivity contribution in [2.75, 3.05) is 19.7 Å². The predicted octanol–water partition coefficient (Wildman–Crippen LogP) is -0.0350. The van der Waals surface area contributed by atoms with Crippen LogP contribution in [0.4, 0.5) is 0 Å². The van der Waals surface area contributed by atoms with Crippen molar-refractivity contribution in [2.24, 2.45) is 0 Å². The van der Waals surface area contributed by atoms with E-state index in [1.807, 2.05) is 0 Å². The molecule has 0 radical (unpaired) electrons. The fourth-order valence-corrected chi connectivity index (χ4v) is 2.29. The normalized spacial score (nSPS) is 27.6. The van der Waals surface area contributed by atoms with Crippen LogP contribution in [0.3, 0.4) is 0 Å². The van der Waals surface area contributed by atoms with Gasteiger partial charge < -0.3 is 15.3 Å². The lowest BCUT2D eigenvalue weighted by atomic mass is 9.97. The number of hydrogen-bond donors (Lipinski definition) is 3. The van der Waals surface area contributed by atoms with Gasteiger partial charge in [0.2, 0.25) is 0 Å². The minimum Gasteiger partial charge on any atom is -0.394 e. The highest BCUT2D eigenvalue weighted by atomic mass is 16.3. The van der Waals surface area contributed by atoms with Crippen molar-refractivity contribution in [3.8, 4) is 0 Å². The molecular formula is C11H23NO3. The molecule has 0 aromatic rings. The molecule has 0 aromatic carbocycles. The van der Waals surface area contributed by atoms with Gasteiger partial charge in [-0.2, -0.15) is 0 Å². The van der Waals surface area contributed by atoms with E-state index >= 15 is 0 Å². The molecule has 0 aliphatic carbocycles. The molecule has 1 saturated heterocycles. The second-order valence-corrected chi connectivity index (χ2v) is 4.57. The highest BCUT2D eigenvalue weighted by molar-refractivity contribution is 4.80. The molecule has 4 heteroatoms. The molecule has 1 rings (SSSR count). The standard InChI is InChI=1S/C11H23NO3/c1-9(14)6-10-4-2-3-5-12(10)7-11(15)8-13/h9-11,13-15H,2-8H2,1H3. The lowest BCUT2D eigenvalue weighted by Gasteiger charge is -2.37. The van der Waals surface area contributed by atoms with Gasteiger partial charge in [-0.3, -0.25) is 4.90 Å². The predicted molar refractivity (Wildman–Crippen MR) is 58.6 cm³/mol. The monoisotopic (exact) mass is 217 g/mol. The molecule has 15 heavy (non-hydrogen) atoms. The first-order valence-electron chi connectivity index (χ1n) is 5.84. The van der Waals surface area contributed by atoms with Crippen LogP contribution in [-0.2, 0) is 0 Å². The molecule has 3 N–H and O–H groups in total. The Balaban J connectivity index is 2.42. The van der Waals surface area contributed by atoms with Crippen molar-refractivity contribution in [2.45, 2.75) is 50.9 Å². The molecule has 3 atom stereocenters. The topological polar surface area (TPSA) is 63.9 Å². The Bertz CT molecular complexity index is 175. The molecule has 0 saturated carbocycles. The van der Waals surface area contributed by atoms with E-state index in [9.17, 15) is 10.2 Å². The summed E-state index contributed by atoms with van der Waals surface area (Å²) in [5, 5.41) is 27.6. The van der Waals surface area contributed by atoms with Gasteiger partial charge in [-0.1, -0.05) is 6.42 Å². The van der Waals surface area contributed by atoms with Crippen molar-refractivity contribution in [1.82, 2.24) is 4.90 Å². The summed E-state index contributed by atoms with van der Waals surface area (Å²) in [5.74, 6) is 0. The van der Waals surface area contributed by atoms with Crippen LogP contribution in [0.2, 0.25) is 0 Å². The summed E-state index contributed by atoms with van der Waals surface area (Å²) in [6.07, 6.45) is 3.25. The lowest BCUT2D eigenvalue weighted by molar-refractivity contribution is 0.0202. The molecule has 0 aromatic heterocycles. The maximum atomic E-state index is 9.41. The zero-order valence-corrected chi connectivity index (χ0v) is 9.47. The van der Waals surface area contributed by atoms with E-state index in [4.69, 9.17) is 5.11 Å². The summed E-state index contributed by atoms with van der Waals surface area (Å²) in [6.45, 7) is 3.11. The number of rotatable bonds is 5. The van der Waals surface area contributed by atoms with Crippen molar-refractivity contribution in [1.29, 1.82) is 0 Å². The van der Waals surface area contributed by atoms with Gasteiger partial charge in [0.05, 0.1) is 18.8 Å². The average Bonchev–Trinajstić information content (AvgIpc) is 2.20. The molecule has 0 spiro atoms. The Kier molecular flexibility index (Phi) is 5.53. The summed E-state index contributed by atoms with van der Waals surface area (Å²) >= 11 is 0. The van der Waals surface area contributed by atoms with Crippen LogP contribution in [0.5, 0.6) is 0 Å². The summed E-state index contributed by atoms with van der Waals surface area (Å²) < 4.78 is 0. The van der Waals surface area contributed by atoms with Gasteiger partial charge in [-0.15, -0.1) is 0 Å². The number of nitrogens with zero attached hydrogens (tertiary/aromatic N) is 1. The second-order valence-electron chi connectivity index (χ2n) is 4.57. The van der Waals surface area contributed by atoms with Crippen LogP contribution in [0.1, 0.15) is 32.6 Å². The van der Waals surface area contributed by atoms with Gasteiger partial charge in [-0.05, 0) is 32.7 Å². The molecule has 4 nitrogen and oxygen atoms in total. The van der Waals surface area contributed by atoms with E-state index in [1.165, 1.54) is 6.42 Å². The Hall–Kier alpha value is -0.160. The van der Waals surface area contributed by atoms with Gasteiger partial charge in [0, 0.05) is 12.6 Å². The third kappa shape index (κ3) is 4.47. The Morgan fingerprint density at radius 1 is 1.33 bits per heavy atom. The van der Waals surface area contributed by atoms with Crippen LogP contribution in [-0.4, -0.2) is 58.2 Å². The summed E-state index contributed by atoms with van der Waals surface area (Å²) in [5.41, 5.74) is 0. The fraction of sp³-hybridized carbons (Fsp3) is 1.00. The van der Waals surface area contributed by atoms with E-state index in [-0.39, 0.29) is 12.7 Å². The summed E-state index contributed by atoms with van der Waals surface area (Å²) in [4.78, 5) is 2.19. The van der Waals surface area contributed by atoms with Crippen LogP contribution in [0.15, 0.2) is 0 Å². The number of aliphatic hydroxyl groups is 3. The number of aliphatic hydroxyl groups excluding tert-OH is 3. The molecule has 0 bridgehead atoms. The third-order valence-corrected chi connectivity index (χ3v) is 3.02. The van der Waals surface area contributed by atoms with Gasteiger partial charge in [0.15, 0.2) is 0 Å². The fourth-order valence-electron chi connectivity index (χ4n) is 2.29. The highest BCUT2D eigenvalue weighted by Gasteiger charge is 2.24. The number of piperidine rings is 1. The molecule has 90 valence electrons. The summed E-state index contributed by atoms with van der Waals surface area (Å²) in [6, 6.07) is 0.361. The molecule has 1 heterocycles. The molecule has 1 fully saturated rings. The maximum Gasteiger partial charge on any atom is 0.0897 e. The molecular weight excluding hydrogens is 194 g/mol. The first-order chi connectivity index (χ1) is 7.13. The SMILES string of the molecule is CC(O)CC1CCCCN1CC(O)CO. The molecule has 1 aliphatic rings. The van der Waals surface area contributed by atoms with E-state index in [2.05, 4.69) is 4.90 Å². The van der Waals surface area contributed by atoms with Crippen LogP contribution in [0, 0.1) is 0 Å².